The van der Waals surface area contributed by atoms with Crippen molar-refractivity contribution >= 4 is 11.7 Å². The van der Waals surface area contributed by atoms with Crippen molar-refractivity contribution in [2.75, 3.05) is 19.5 Å². The molecule has 0 saturated carbocycles. The van der Waals surface area contributed by atoms with Crippen molar-refractivity contribution in [1.82, 2.24) is 5.16 Å². The van der Waals surface area contributed by atoms with E-state index in [0.717, 1.165) is 51.6 Å². The van der Waals surface area contributed by atoms with Crippen molar-refractivity contribution in [2.24, 2.45) is 0 Å². The van der Waals surface area contributed by atoms with Crippen LogP contribution in [0.2, 0.25) is 0 Å². The second-order valence-electron chi connectivity index (χ2n) is 8.04. The number of ketones is 1. The molecule has 2 aliphatic rings. The Morgan fingerprint density at radius 3 is 2.16 bits per heavy atom. The molecule has 1 aliphatic heterocycles. The van der Waals surface area contributed by atoms with Gasteiger partial charge in [-0.2, -0.15) is 0 Å². The number of nitrogens with zero attached hydrogens (tertiary/aromatic N) is 1. The van der Waals surface area contributed by atoms with Crippen LogP contribution in [0.3, 0.4) is 0 Å². The van der Waals surface area contributed by atoms with Gasteiger partial charge in [0, 0.05) is 23.6 Å². The van der Waals surface area contributed by atoms with Gasteiger partial charge in [0.2, 0.25) is 5.88 Å². The minimum absolute atomic E-state index is 0.103. The Bertz CT molecular complexity index is 1160. The summed E-state index contributed by atoms with van der Waals surface area (Å²) in [6, 6.07) is 15.8. The van der Waals surface area contributed by atoms with Crippen LogP contribution in [0.25, 0.3) is 0 Å². The van der Waals surface area contributed by atoms with Gasteiger partial charge in [-0.1, -0.05) is 29.4 Å². The molecule has 158 valence electrons. The summed E-state index contributed by atoms with van der Waals surface area (Å²) in [5, 5.41) is 7.55. The summed E-state index contributed by atoms with van der Waals surface area (Å²) < 4.78 is 16.2. The number of rotatable bonds is 4. The second kappa shape index (κ2) is 7.61. The van der Waals surface area contributed by atoms with Crippen LogP contribution in [0.15, 0.2) is 64.3 Å². The number of fused-ring (bicyclic) bond motifs is 1. The average Bonchev–Trinajstić information content (AvgIpc) is 3.18. The third kappa shape index (κ3) is 3.28. The number of hydrogen-bond donors (Lipinski definition) is 1. The molecule has 3 aromatic rings. The molecule has 0 spiro atoms. The molecule has 6 nitrogen and oxygen atoms in total. The minimum atomic E-state index is -0.201. The van der Waals surface area contributed by atoms with Crippen LogP contribution < -0.4 is 14.8 Å². The third-order valence-electron chi connectivity index (χ3n) is 6.29. The second-order valence-corrected chi connectivity index (χ2v) is 8.04. The first kappa shape index (κ1) is 19.4. The highest BCUT2D eigenvalue weighted by atomic mass is 16.5. The van der Waals surface area contributed by atoms with E-state index in [9.17, 15) is 4.79 Å². The van der Waals surface area contributed by atoms with E-state index in [1.165, 1.54) is 0 Å². The highest BCUT2D eigenvalue weighted by Gasteiger charge is 2.41. The van der Waals surface area contributed by atoms with Crippen LogP contribution in [0.5, 0.6) is 11.5 Å². The molecule has 2 atom stereocenters. The lowest BCUT2D eigenvalue weighted by atomic mass is 9.72. The van der Waals surface area contributed by atoms with Gasteiger partial charge in [0.15, 0.2) is 5.78 Å². The Hall–Kier alpha value is -3.54. The van der Waals surface area contributed by atoms with E-state index >= 15 is 0 Å². The molecular formula is C25H24N2O4. The van der Waals surface area contributed by atoms with Gasteiger partial charge in [-0.3, -0.25) is 4.79 Å². The van der Waals surface area contributed by atoms with Gasteiger partial charge < -0.3 is 19.3 Å². The first-order valence-corrected chi connectivity index (χ1v) is 10.4. The van der Waals surface area contributed by atoms with E-state index in [1.54, 1.807) is 14.2 Å². The van der Waals surface area contributed by atoms with Gasteiger partial charge in [0.25, 0.3) is 0 Å². The molecule has 1 N–H and O–H groups in total. The van der Waals surface area contributed by atoms with Crippen molar-refractivity contribution in [2.45, 2.75) is 31.6 Å². The third-order valence-corrected chi connectivity index (χ3v) is 6.29. The molecule has 6 heteroatoms. The highest BCUT2D eigenvalue weighted by molar-refractivity contribution is 6.01. The number of anilines is 1. The zero-order valence-corrected chi connectivity index (χ0v) is 17.8. The van der Waals surface area contributed by atoms with Crippen molar-refractivity contribution < 1.29 is 18.8 Å². The predicted octanol–water partition coefficient (Wildman–Crippen LogP) is 4.96. The van der Waals surface area contributed by atoms with Crippen LogP contribution >= 0.6 is 0 Å². The summed E-state index contributed by atoms with van der Waals surface area (Å²) in [6.07, 6.45) is 1.21. The molecule has 1 aliphatic carbocycles. The van der Waals surface area contributed by atoms with Gasteiger partial charge in [0.05, 0.1) is 25.5 Å². The van der Waals surface area contributed by atoms with Gasteiger partial charge >= 0.3 is 0 Å². The summed E-state index contributed by atoms with van der Waals surface area (Å²) in [6.45, 7) is 1.92. The Labute approximate surface area is 180 Å². The van der Waals surface area contributed by atoms with Gasteiger partial charge in [-0.25, -0.2) is 0 Å². The normalized spacial score (nSPS) is 20.0. The van der Waals surface area contributed by atoms with E-state index in [4.69, 9.17) is 14.0 Å². The number of aromatic nitrogens is 1. The molecule has 0 amide bonds. The molecule has 1 aromatic heterocycles. The number of methoxy groups -OCH3 is 2. The van der Waals surface area contributed by atoms with Crippen molar-refractivity contribution in [1.29, 1.82) is 0 Å². The molecule has 2 unspecified atom stereocenters. The Balaban J connectivity index is 1.56. The number of carbonyl (C=O) groups is 1. The van der Waals surface area contributed by atoms with E-state index in [-0.39, 0.29) is 17.6 Å². The molecule has 0 radical (unpaired) electrons. The van der Waals surface area contributed by atoms with Crippen LogP contribution in [0.1, 0.15) is 47.1 Å². The number of hydrogen-bond acceptors (Lipinski definition) is 6. The van der Waals surface area contributed by atoms with E-state index in [2.05, 4.69) is 10.5 Å². The summed E-state index contributed by atoms with van der Waals surface area (Å²) in [4.78, 5) is 13.5. The largest absolute Gasteiger partial charge is 0.497 e. The van der Waals surface area contributed by atoms with Crippen LogP contribution in [0, 0.1) is 6.92 Å². The number of nitrogens with one attached hydrogen (secondary N) is 1. The number of allylic oxidation sites excluding steroid dienone is 2. The van der Waals surface area contributed by atoms with E-state index in [1.807, 2.05) is 55.5 Å². The molecule has 0 fully saturated rings. The molecule has 5 rings (SSSR count). The molecule has 31 heavy (non-hydrogen) atoms. The lowest BCUT2D eigenvalue weighted by Crippen LogP contribution is -2.29. The SMILES string of the molecule is COc1ccc(C2CC(=O)C3=C(C2)Nc2onc(C)c2C3c2ccc(OC)cc2)cc1. The predicted molar refractivity (Wildman–Crippen MR) is 117 cm³/mol. The fourth-order valence-electron chi connectivity index (χ4n) is 4.71. The number of aryl methyl sites for hydroxylation is 1. The first-order valence-electron chi connectivity index (χ1n) is 10.4. The minimum Gasteiger partial charge on any atom is -0.497 e. The maximum absolute atomic E-state index is 13.5. The smallest absolute Gasteiger partial charge is 0.233 e. The Morgan fingerprint density at radius 1 is 0.935 bits per heavy atom. The van der Waals surface area contributed by atoms with Crippen molar-refractivity contribution in [3.8, 4) is 11.5 Å². The van der Waals surface area contributed by atoms with Gasteiger partial charge in [-0.15, -0.1) is 0 Å². The summed E-state index contributed by atoms with van der Waals surface area (Å²) in [5.41, 5.74) is 5.61. The van der Waals surface area contributed by atoms with Crippen LogP contribution in [-0.4, -0.2) is 25.2 Å². The number of carbonyl (C=O) groups excluding carboxylic acids is 1. The van der Waals surface area contributed by atoms with Crippen molar-refractivity contribution in [3.63, 3.8) is 0 Å². The standard InChI is InChI=1S/C25H24N2O4/c1-14-22-23(16-6-10-19(30-3)11-7-16)24-20(26-25(22)31-27-14)12-17(13-21(24)28)15-4-8-18(29-2)9-5-15/h4-11,17,23,26H,12-13H2,1-3H3. The maximum atomic E-state index is 13.5. The fourth-order valence-corrected chi connectivity index (χ4v) is 4.71. The fraction of sp³-hybridized carbons (Fsp3) is 0.280. The number of Topliss-reactive ketones (excluding diaryl/α,β-unsaturated/α-hetero) is 1. The lowest BCUT2D eigenvalue weighted by Gasteiger charge is -2.34. The molecule has 2 aromatic carbocycles. The van der Waals surface area contributed by atoms with Gasteiger partial charge in [0.1, 0.15) is 11.5 Å². The average molecular weight is 416 g/mol. The molecule has 0 saturated heterocycles. The highest BCUT2D eigenvalue weighted by Crippen LogP contribution is 2.49. The molecule has 0 bridgehead atoms. The monoisotopic (exact) mass is 416 g/mol. The van der Waals surface area contributed by atoms with Crippen LogP contribution in [0.4, 0.5) is 5.88 Å². The summed E-state index contributed by atoms with van der Waals surface area (Å²) >= 11 is 0. The van der Waals surface area contributed by atoms with Crippen molar-refractivity contribution in [3.05, 3.63) is 82.2 Å². The quantitative estimate of drug-likeness (QED) is 0.648. The maximum Gasteiger partial charge on any atom is 0.233 e. The molecule has 2 heterocycles. The summed E-state index contributed by atoms with van der Waals surface area (Å²) in [7, 11) is 3.30. The van der Waals surface area contributed by atoms with E-state index in [0.29, 0.717) is 12.3 Å². The van der Waals surface area contributed by atoms with Crippen LogP contribution in [-0.2, 0) is 4.79 Å². The Morgan fingerprint density at radius 2 is 1.55 bits per heavy atom. The lowest BCUT2D eigenvalue weighted by molar-refractivity contribution is -0.116. The zero-order valence-electron chi connectivity index (χ0n) is 17.8. The molecular weight excluding hydrogens is 392 g/mol. The summed E-state index contributed by atoms with van der Waals surface area (Å²) in [5.74, 6) is 2.27. The van der Waals surface area contributed by atoms with E-state index < -0.39 is 0 Å². The number of benzene rings is 2. The number of ether oxygens (including phenoxy) is 2. The Kier molecular flexibility index (Phi) is 4.77. The first-order chi connectivity index (χ1) is 15.1. The zero-order chi connectivity index (χ0) is 21.5. The topological polar surface area (TPSA) is 73.6 Å². The van der Waals surface area contributed by atoms with Gasteiger partial charge in [-0.05, 0) is 54.7 Å².